The van der Waals surface area contributed by atoms with Crippen molar-refractivity contribution >= 4 is 34.3 Å². The molecular weight excluding hydrogens is 494 g/mol. The van der Waals surface area contributed by atoms with Gasteiger partial charge in [-0.3, -0.25) is 24.1 Å². The summed E-state index contributed by atoms with van der Waals surface area (Å²) < 4.78 is 5.47. The quantitative estimate of drug-likeness (QED) is 0.207. The van der Waals surface area contributed by atoms with Gasteiger partial charge in [0.25, 0.3) is 11.8 Å². The Balaban J connectivity index is 1.24. The maximum Gasteiger partial charge on any atom is 0.307 e. The van der Waals surface area contributed by atoms with Crippen molar-refractivity contribution in [3.8, 4) is 16.9 Å². The van der Waals surface area contributed by atoms with E-state index in [1.165, 1.54) is 0 Å². The molecule has 1 aliphatic rings. The van der Waals surface area contributed by atoms with E-state index in [0.29, 0.717) is 23.3 Å². The van der Waals surface area contributed by atoms with Crippen LogP contribution in [0.5, 0.6) is 5.75 Å². The summed E-state index contributed by atoms with van der Waals surface area (Å²) in [5.74, 6) is -2.60. The van der Waals surface area contributed by atoms with Crippen molar-refractivity contribution in [1.29, 1.82) is 0 Å². The van der Waals surface area contributed by atoms with Crippen LogP contribution >= 0.6 is 0 Å². The Labute approximate surface area is 225 Å². The molecule has 4 aromatic carbocycles. The SMILES string of the molecule is CCOc1ccc(-c2ccc(C(=O)CC(CCN3C(=O)c4cc5ccccc5cc4C3=O)C(=O)O)cc2)cc1. The molecule has 1 N–H and O–H groups in total. The van der Waals surface area contributed by atoms with Gasteiger partial charge in [-0.25, -0.2) is 0 Å². The zero-order chi connectivity index (χ0) is 27.5. The highest BCUT2D eigenvalue weighted by atomic mass is 16.5. The van der Waals surface area contributed by atoms with Gasteiger partial charge in [0.1, 0.15) is 5.75 Å². The van der Waals surface area contributed by atoms with Gasteiger partial charge >= 0.3 is 5.97 Å². The third-order valence-electron chi connectivity index (χ3n) is 7.02. The van der Waals surface area contributed by atoms with Gasteiger partial charge in [0.2, 0.25) is 0 Å². The summed E-state index contributed by atoms with van der Waals surface area (Å²) >= 11 is 0. The van der Waals surface area contributed by atoms with Crippen molar-refractivity contribution in [1.82, 2.24) is 4.90 Å². The summed E-state index contributed by atoms with van der Waals surface area (Å²) in [6.45, 7) is 2.43. The maximum absolute atomic E-state index is 13.0. The van der Waals surface area contributed by atoms with Crippen LogP contribution in [0.2, 0.25) is 0 Å². The minimum atomic E-state index is -1.14. The number of aliphatic carboxylic acids is 1. The number of imide groups is 1. The van der Waals surface area contributed by atoms with Gasteiger partial charge < -0.3 is 9.84 Å². The fraction of sp³-hybridized carbons (Fsp3) is 0.188. The Morgan fingerprint density at radius 3 is 1.87 bits per heavy atom. The molecule has 0 aliphatic carbocycles. The zero-order valence-electron chi connectivity index (χ0n) is 21.4. The van der Waals surface area contributed by atoms with Crippen molar-refractivity contribution in [2.45, 2.75) is 19.8 Å². The second-order valence-electron chi connectivity index (χ2n) is 9.49. The van der Waals surface area contributed by atoms with E-state index in [-0.39, 0.29) is 25.2 Å². The number of carbonyl (C=O) groups excluding carboxylic acids is 3. The maximum atomic E-state index is 13.0. The molecule has 0 aromatic heterocycles. The third-order valence-corrected chi connectivity index (χ3v) is 7.02. The molecule has 7 nitrogen and oxygen atoms in total. The minimum absolute atomic E-state index is 0.0175. The van der Waals surface area contributed by atoms with E-state index in [4.69, 9.17) is 4.74 Å². The number of carbonyl (C=O) groups is 4. The number of ether oxygens (including phenoxy) is 1. The molecule has 1 heterocycles. The molecule has 1 aliphatic heterocycles. The fourth-order valence-corrected chi connectivity index (χ4v) is 4.88. The summed E-state index contributed by atoms with van der Waals surface area (Å²) in [5.41, 5.74) is 2.92. The molecule has 0 saturated carbocycles. The lowest BCUT2D eigenvalue weighted by Crippen LogP contribution is -2.33. The Morgan fingerprint density at radius 1 is 0.821 bits per heavy atom. The number of hydrogen-bond acceptors (Lipinski definition) is 5. The van der Waals surface area contributed by atoms with E-state index < -0.39 is 23.7 Å². The van der Waals surface area contributed by atoms with Crippen LogP contribution in [0.25, 0.3) is 21.9 Å². The van der Waals surface area contributed by atoms with Crippen LogP contribution in [0.4, 0.5) is 0 Å². The van der Waals surface area contributed by atoms with Crippen LogP contribution in [0.3, 0.4) is 0 Å². The van der Waals surface area contributed by atoms with Crippen LogP contribution in [-0.4, -0.2) is 46.7 Å². The highest BCUT2D eigenvalue weighted by molar-refractivity contribution is 6.23. The van der Waals surface area contributed by atoms with E-state index in [0.717, 1.165) is 32.5 Å². The van der Waals surface area contributed by atoms with Crippen LogP contribution in [-0.2, 0) is 4.79 Å². The summed E-state index contributed by atoms with van der Waals surface area (Å²) in [7, 11) is 0. The van der Waals surface area contributed by atoms with Crippen LogP contribution in [0, 0.1) is 5.92 Å². The average Bonchev–Trinajstić information content (AvgIpc) is 3.18. The number of hydrogen-bond donors (Lipinski definition) is 1. The summed E-state index contributed by atoms with van der Waals surface area (Å²) in [6.07, 6.45) is -0.249. The topological polar surface area (TPSA) is 101 Å². The Hall–Kier alpha value is -4.78. The monoisotopic (exact) mass is 521 g/mol. The number of nitrogens with zero attached hydrogens (tertiary/aromatic N) is 1. The van der Waals surface area contributed by atoms with Gasteiger partial charge in [-0.2, -0.15) is 0 Å². The molecule has 1 unspecified atom stereocenters. The predicted octanol–water partition coefficient (Wildman–Crippen LogP) is 5.87. The highest BCUT2D eigenvalue weighted by Crippen LogP contribution is 2.29. The first kappa shape index (κ1) is 25.9. The van der Waals surface area contributed by atoms with E-state index in [1.807, 2.05) is 67.6 Å². The average molecular weight is 522 g/mol. The molecule has 0 saturated heterocycles. The number of carboxylic acid groups (broad SMARTS) is 1. The molecule has 4 aromatic rings. The number of benzene rings is 4. The van der Waals surface area contributed by atoms with Crippen molar-refractivity contribution < 1.29 is 29.0 Å². The number of ketones is 1. The largest absolute Gasteiger partial charge is 0.494 e. The molecule has 0 fully saturated rings. The molecule has 39 heavy (non-hydrogen) atoms. The van der Waals surface area contributed by atoms with Crippen molar-refractivity contribution in [3.63, 3.8) is 0 Å². The first-order chi connectivity index (χ1) is 18.9. The predicted molar refractivity (Wildman–Crippen MR) is 147 cm³/mol. The van der Waals surface area contributed by atoms with Crippen molar-refractivity contribution in [2.75, 3.05) is 13.2 Å². The Bertz CT molecular complexity index is 1520. The lowest BCUT2D eigenvalue weighted by atomic mass is 9.94. The van der Waals surface area contributed by atoms with E-state index in [9.17, 15) is 24.3 Å². The Kier molecular flexibility index (Phi) is 7.23. The first-order valence-corrected chi connectivity index (χ1v) is 12.8. The molecule has 196 valence electrons. The highest BCUT2D eigenvalue weighted by Gasteiger charge is 2.36. The number of Topliss-reactive ketones (excluding diaryl/α,β-unsaturated/α-hetero) is 1. The molecular formula is C32H27NO6. The lowest BCUT2D eigenvalue weighted by Gasteiger charge is -2.17. The molecule has 0 spiro atoms. The molecule has 0 bridgehead atoms. The second-order valence-corrected chi connectivity index (χ2v) is 9.49. The standard InChI is InChI=1S/C32H27NO6/c1-2-39-26-13-11-21(12-14-26)20-7-9-22(10-8-20)29(34)19-25(32(37)38)15-16-33-30(35)27-17-23-5-3-4-6-24(23)18-28(27)31(33)36/h3-14,17-18,25H,2,15-16,19H2,1H3,(H,37,38). The number of carboxylic acids is 1. The minimum Gasteiger partial charge on any atom is -0.494 e. The number of amides is 2. The van der Waals surface area contributed by atoms with Gasteiger partial charge in [-0.05, 0) is 59.5 Å². The van der Waals surface area contributed by atoms with Gasteiger partial charge in [0, 0.05) is 18.5 Å². The van der Waals surface area contributed by atoms with Gasteiger partial charge in [-0.15, -0.1) is 0 Å². The van der Waals surface area contributed by atoms with E-state index in [1.54, 1.807) is 24.3 Å². The van der Waals surface area contributed by atoms with E-state index >= 15 is 0 Å². The lowest BCUT2D eigenvalue weighted by molar-refractivity contribution is -0.142. The first-order valence-electron chi connectivity index (χ1n) is 12.8. The zero-order valence-corrected chi connectivity index (χ0v) is 21.4. The number of rotatable bonds is 10. The third kappa shape index (κ3) is 5.29. The van der Waals surface area contributed by atoms with Crippen molar-refractivity contribution in [3.05, 3.63) is 102 Å². The Morgan fingerprint density at radius 2 is 1.36 bits per heavy atom. The summed E-state index contributed by atoms with van der Waals surface area (Å²) in [6, 6.07) is 25.5. The van der Waals surface area contributed by atoms with Gasteiger partial charge in [0.05, 0.1) is 23.7 Å². The molecule has 2 amide bonds. The van der Waals surface area contributed by atoms with Crippen molar-refractivity contribution in [2.24, 2.45) is 5.92 Å². The van der Waals surface area contributed by atoms with Crippen LogP contribution in [0.1, 0.15) is 50.8 Å². The summed E-state index contributed by atoms with van der Waals surface area (Å²) in [5, 5.41) is 11.5. The van der Waals surface area contributed by atoms with Crippen LogP contribution in [0.15, 0.2) is 84.9 Å². The van der Waals surface area contributed by atoms with Crippen LogP contribution < -0.4 is 4.74 Å². The van der Waals surface area contributed by atoms with E-state index in [2.05, 4.69) is 0 Å². The smallest absolute Gasteiger partial charge is 0.307 e. The number of fused-ring (bicyclic) bond motifs is 2. The molecule has 5 rings (SSSR count). The molecule has 1 atom stereocenters. The van der Waals surface area contributed by atoms with Gasteiger partial charge in [-0.1, -0.05) is 60.7 Å². The molecule has 7 heteroatoms. The second kappa shape index (κ2) is 10.9. The summed E-state index contributed by atoms with van der Waals surface area (Å²) in [4.78, 5) is 51.9. The molecule has 0 radical (unpaired) electrons. The van der Waals surface area contributed by atoms with Gasteiger partial charge in [0.15, 0.2) is 5.78 Å². The fourth-order valence-electron chi connectivity index (χ4n) is 4.88. The normalized spacial score (nSPS) is 13.4.